The maximum absolute atomic E-state index is 6.39. The number of hydrogen-bond donors (Lipinski definition) is 0. The second-order valence-electron chi connectivity index (χ2n) is 3.91. The van der Waals surface area contributed by atoms with Crippen LogP contribution in [0, 0.1) is 0 Å². The van der Waals surface area contributed by atoms with E-state index in [1.807, 2.05) is 30.3 Å². The Bertz CT molecular complexity index is 513. The van der Waals surface area contributed by atoms with E-state index < -0.39 is 0 Å². The molecule has 0 spiro atoms. The van der Waals surface area contributed by atoms with E-state index in [9.17, 15) is 0 Å². The van der Waals surface area contributed by atoms with Crippen molar-refractivity contribution in [1.82, 2.24) is 4.98 Å². The van der Waals surface area contributed by atoms with Gasteiger partial charge in [0.1, 0.15) is 5.75 Å². The van der Waals surface area contributed by atoms with Crippen molar-refractivity contribution in [3.05, 3.63) is 58.9 Å². The molecule has 18 heavy (non-hydrogen) atoms. The number of ether oxygens (including phenoxy) is 1. The van der Waals surface area contributed by atoms with E-state index in [2.05, 4.69) is 4.98 Å². The van der Waals surface area contributed by atoms with Gasteiger partial charge in [-0.25, -0.2) is 0 Å². The second kappa shape index (κ2) is 6.07. The predicted molar refractivity (Wildman–Crippen MR) is 74.5 cm³/mol. The van der Waals surface area contributed by atoms with Crippen LogP contribution in [0.25, 0.3) is 0 Å². The van der Waals surface area contributed by atoms with E-state index in [0.29, 0.717) is 11.4 Å². The van der Waals surface area contributed by atoms with Crippen molar-refractivity contribution in [2.75, 3.05) is 7.11 Å². The molecule has 1 atom stereocenters. The molecular formula is C14H13Cl2NO. The molecule has 0 N–H and O–H groups in total. The molecule has 2 aromatic rings. The van der Waals surface area contributed by atoms with Crippen LogP contribution in [-0.4, -0.2) is 12.1 Å². The van der Waals surface area contributed by atoms with Crippen molar-refractivity contribution in [2.24, 2.45) is 0 Å². The number of halogens is 2. The van der Waals surface area contributed by atoms with E-state index in [-0.39, 0.29) is 5.38 Å². The van der Waals surface area contributed by atoms with Gasteiger partial charge in [-0.15, -0.1) is 11.6 Å². The molecule has 2 rings (SSSR count). The lowest BCUT2D eigenvalue weighted by Gasteiger charge is -2.11. The first-order chi connectivity index (χ1) is 8.70. The zero-order valence-electron chi connectivity index (χ0n) is 9.94. The van der Waals surface area contributed by atoms with E-state index >= 15 is 0 Å². The first kappa shape index (κ1) is 13.2. The molecule has 2 nitrogen and oxygen atoms in total. The molecule has 0 bridgehead atoms. The van der Waals surface area contributed by atoms with Crippen molar-refractivity contribution < 1.29 is 4.74 Å². The summed E-state index contributed by atoms with van der Waals surface area (Å²) in [5, 5.41) is 0.535. The molecule has 1 heterocycles. The summed E-state index contributed by atoms with van der Waals surface area (Å²) in [6, 6.07) is 9.62. The standard InChI is InChI=1S/C14H13Cl2NO/c1-18-12-4-2-10(3-5-12)13(15)8-11-6-7-17-9-14(11)16/h2-7,9,13H,8H2,1H3. The summed E-state index contributed by atoms with van der Waals surface area (Å²) in [4.78, 5) is 3.96. The Hall–Kier alpha value is -1.25. The third-order valence-electron chi connectivity index (χ3n) is 2.73. The average molecular weight is 282 g/mol. The van der Waals surface area contributed by atoms with Gasteiger partial charge in [-0.1, -0.05) is 23.7 Å². The first-order valence-electron chi connectivity index (χ1n) is 5.57. The van der Waals surface area contributed by atoms with Gasteiger partial charge in [0.15, 0.2) is 0 Å². The third-order valence-corrected chi connectivity index (χ3v) is 3.48. The molecule has 1 aromatic carbocycles. The Kier molecular flexibility index (Phi) is 4.45. The number of hydrogen-bond acceptors (Lipinski definition) is 2. The highest BCUT2D eigenvalue weighted by molar-refractivity contribution is 6.31. The number of methoxy groups -OCH3 is 1. The van der Waals surface area contributed by atoms with Crippen molar-refractivity contribution in [2.45, 2.75) is 11.8 Å². The SMILES string of the molecule is COc1ccc(C(Cl)Cc2ccncc2Cl)cc1. The Labute approximate surface area is 117 Å². The summed E-state index contributed by atoms with van der Waals surface area (Å²) in [6.07, 6.45) is 4.03. The average Bonchev–Trinajstić information content (AvgIpc) is 2.41. The minimum Gasteiger partial charge on any atom is -0.497 e. The molecule has 0 fully saturated rings. The molecule has 0 radical (unpaired) electrons. The van der Waals surface area contributed by atoms with E-state index in [0.717, 1.165) is 16.9 Å². The second-order valence-corrected chi connectivity index (χ2v) is 4.85. The zero-order chi connectivity index (χ0) is 13.0. The predicted octanol–water partition coefficient (Wildman–Crippen LogP) is 4.27. The van der Waals surface area contributed by atoms with Gasteiger partial charge in [0.25, 0.3) is 0 Å². The summed E-state index contributed by atoms with van der Waals surface area (Å²) in [5.74, 6) is 0.824. The zero-order valence-corrected chi connectivity index (χ0v) is 11.4. The van der Waals surface area contributed by atoms with E-state index in [1.54, 1.807) is 19.5 Å². The fourth-order valence-corrected chi connectivity index (χ4v) is 2.20. The van der Waals surface area contributed by atoms with Crippen LogP contribution in [0.5, 0.6) is 5.75 Å². The molecule has 0 aliphatic rings. The molecule has 1 aromatic heterocycles. The monoisotopic (exact) mass is 281 g/mol. The Balaban J connectivity index is 2.11. The quantitative estimate of drug-likeness (QED) is 0.781. The smallest absolute Gasteiger partial charge is 0.118 e. The summed E-state index contributed by atoms with van der Waals surface area (Å²) in [6.45, 7) is 0. The van der Waals surface area contributed by atoms with Crippen molar-refractivity contribution in [3.8, 4) is 5.75 Å². The fraction of sp³-hybridized carbons (Fsp3) is 0.214. The van der Waals surface area contributed by atoms with Crippen LogP contribution in [0.15, 0.2) is 42.7 Å². The summed E-state index contributed by atoms with van der Waals surface area (Å²) in [7, 11) is 1.64. The Morgan fingerprint density at radius 1 is 1.22 bits per heavy atom. The van der Waals surface area contributed by atoms with Gasteiger partial charge >= 0.3 is 0 Å². The minimum absolute atomic E-state index is 0.115. The highest BCUT2D eigenvalue weighted by Crippen LogP contribution is 2.28. The van der Waals surface area contributed by atoms with Crippen molar-refractivity contribution in [1.29, 1.82) is 0 Å². The fourth-order valence-electron chi connectivity index (χ4n) is 1.69. The molecule has 0 saturated heterocycles. The molecule has 94 valence electrons. The molecule has 4 heteroatoms. The maximum Gasteiger partial charge on any atom is 0.118 e. The first-order valence-corrected chi connectivity index (χ1v) is 6.38. The van der Waals surface area contributed by atoms with Gasteiger partial charge in [-0.05, 0) is 35.7 Å². The maximum atomic E-state index is 6.39. The number of pyridine rings is 1. The molecule has 0 aliphatic carbocycles. The largest absolute Gasteiger partial charge is 0.497 e. The molecule has 0 saturated carbocycles. The number of alkyl halides is 1. The van der Waals surface area contributed by atoms with Crippen LogP contribution in [0.3, 0.4) is 0 Å². The van der Waals surface area contributed by atoms with Gasteiger partial charge in [0.2, 0.25) is 0 Å². The lowest BCUT2D eigenvalue weighted by atomic mass is 10.0. The van der Waals surface area contributed by atoms with Crippen LogP contribution < -0.4 is 4.74 Å². The number of rotatable bonds is 4. The van der Waals surface area contributed by atoms with Crippen LogP contribution in [-0.2, 0) is 6.42 Å². The Morgan fingerprint density at radius 2 is 1.94 bits per heavy atom. The highest BCUT2D eigenvalue weighted by Gasteiger charge is 2.11. The lowest BCUT2D eigenvalue weighted by molar-refractivity contribution is 0.414. The normalized spacial score (nSPS) is 12.2. The van der Waals surface area contributed by atoms with Gasteiger partial charge < -0.3 is 4.74 Å². The molecule has 0 aliphatic heterocycles. The van der Waals surface area contributed by atoms with Gasteiger partial charge in [0, 0.05) is 12.4 Å². The van der Waals surface area contributed by atoms with Crippen molar-refractivity contribution >= 4 is 23.2 Å². The topological polar surface area (TPSA) is 22.1 Å². The lowest BCUT2D eigenvalue weighted by Crippen LogP contribution is -1.97. The summed E-state index contributed by atoms with van der Waals surface area (Å²) in [5.41, 5.74) is 2.05. The minimum atomic E-state index is -0.115. The molecular weight excluding hydrogens is 269 g/mol. The van der Waals surface area contributed by atoms with Crippen molar-refractivity contribution in [3.63, 3.8) is 0 Å². The molecule has 0 amide bonds. The van der Waals surface area contributed by atoms with Crippen LogP contribution in [0.1, 0.15) is 16.5 Å². The van der Waals surface area contributed by atoms with Crippen LogP contribution in [0.4, 0.5) is 0 Å². The molecule has 1 unspecified atom stereocenters. The van der Waals surface area contributed by atoms with Crippen LogP contribution >= 0.6 is 23.2 Å². The summed E-state index contributed by atoms with van der Waals surface area (Å²) < 4.78 is 5.11. The number of aromatic nitrogens is 1. The number of nitrogens with zero attached hydrogens (tertiary/aromatic N) is 1. The van der Waals surface area contributed by atoms with Gasteiger partial charge in [-0.3, -0.25) is 4.98 Å². The highest BCUT2D eigenvalue weighted by atomic mass is 35.5. The van der Waals surface area contributed by atoms with Crippen LogP contribution in [0.2, 0.25) is 5.02 Å². The Morgan fingerprint density at radius 3 is 2.56 bits per heavy atom. The number of benzene rings is 1. The van der Waals surface area contributed by atoms with Gasteiger partial charge in [0.05, 0.1) is 17.5 Å². The van der Waals surface area contributed by atoms with E-state index in [1.165, 1.54) is 0 Å². The van der Waals surface area contributed by atoms with Gasteiger partial charge in [-0.2, -0.15) is 0 Å². The third kappa shape index (κ3) is 3.15. The summed E-state index contributed by atoms with van der Waals surface area (Å²) >= 11 is 12.5. The van der Waals surface area contributed by atoms with E-state index in [4.69, 9.17) is 27.9 Å².